The SMILES string of the molecule is CCCCCO[SiH](CC)CC. The summed E-state index contributed by atoms with van der Waals surface area (Å²) in [6.07, 6.45) is 3.89. The van der Waals surface area contributed by atoms with Crippen molar-refractivity contribution in [2.24, 2.45) is 0 Å². The van der Waals surface area contributed by atoms with Crippen molar-refractivity contribution in [3.05, 3.63) is 0 Å². The molecular formula is C9H22OSi. The molecule has 0 heterocycles. The van der Waals surface area contributed by atoms with E-state index in [1.54, 1.807) is 0 Å². The Morgan fingerprint density at radius 2 is 1.64 bits per heavy atom. The van der Waals surface area contributed by atoms with E-state index >= 15 is 0 Å². The Balaban J connectivity index is 3.07. The number of rotatable bonds is 7. The summed E-state index contributed by atoms with van der Waals surface area (Å²) in [6, 6.07) is 2.59. The summed E-state index contributed by atoms with van der Waals surface area (Å²) in [5.41, 5.74) is 0. The summed E-state index contributed by atoms with van der Waals surface area (Å²) in [7, 11) is -0.735. The van der Waals surface area contributed by atoms with Gasteiger partial charge in [0.25, 0.3) is 0 Å². The van der Waals surface area contributed by atoms with Gasteiger partial charge in [0.05, 0.1) is 0 Å². The van der Waals surface area contributed by atoms with Crippen molar-refractivity contribution in [3.63, 3.8) is 0 Å². The quantitative estimate of drug-likeness (QED) is 0.426. The van der Waals surface area contributed by atoms with E-state index in [0.717, 1.165) is 6.61 Å². The Hall–Kier alpha value is 0.177. The maximum atomic E-state index is 5.78. The molecule has 0 aromatic rings. The maximum Gasteiger partial charge on any atom is 0.176 e. The monoisotopic (exact) mass is 174 g/mol. The minimum absolute atomic E-state index is 0.735. The second kappa shape index (κ2) is 8.28. The summed E-state index contributed by atoms with van der Waals surface area (Å²) in [5, 5.41) is 0. The van der Waals surface area contributed by atoms with Crippen molar-refractivity contribution in [1.29, 1.82) is 0 Å². The molecule has 0 unspecified atom stereocenters. The van der Waals surface area contributed by atoms with Crippen molar-refractivity contribution in [2.45, 2.75) is 52.1 Å². The van der Waals surface area contributed by atoms with Gasteiger partial charge in [-0.25, -0.2) is 0 Å². The van der Waals surface area contributed by atoms with Crippen LogP contribution in [0.25, 0.3) is 0 Å². The average molecular weight is 174 g/mol. The van der Waals surface area contributed by atoms with Crippen LogP contribution in [0.1, 0.15) is 40.0 Å². The molecule has 68 valence electrons. The molecule has 0 aromatic carbocycles. The molecule has 0 bridgehead atoms. The Labute approximate surface area is 72.9 Å². The summed E-state index contributed by atoms with van der Waals surface area (Å²) < 4.78 is 5.78. The predicted octanol–water partition coefficient (Wildman–Crippen LogP) is 2.96. The number of hydrogen-bond acceptors (Lipinski definition) is 1. The van der Waals surface area contributed by atoms with Crippen LogP contribution in [-0.2, 0) is 4.43 Å². The molecule has 0 N–H and O–H groups in total. The van der Waals surface area contributed by atoms with Crippen LogP contribution in [0.3, 0.4) is 0 Å². The van der Waals surface area contributed by atoms with Crippen molar-refractivity contribution >= 4 is 9.04 Å². The van der Waals surface area contributed by atoms with Gasteiger partial charge in [-0.1, -0.05) is 33.6 Å². The molecule has 11 heavy (non-hydrogen) atoms. The molecule has 0 radical (unpaired) electrons. The molecule has 0 aliphatic rings. The van der Waals surface area contributed by atoms with Crippen LogP contribution in [0.2, 0.25) is 12.1 Å². The normalized spacial score (nSPS) is 10.9. The van der Waals surface area contributed by atoms with E-state index in [2.05, 4.69) is 20.8 Å². The third-order valence-electron chi connectivity index (χ3n) is 2.01. The molecule has 0 saturated heterocycles. The van der Waals surface area contributed by atoms with Crippen LogP contribution in [-0.4, -0.2) is 15.6 Å². The van der Waals surface area contributed by atoms with Crippen LogP contribution in [0, 0.1) is 0 Å². The minimum atomic E-state index is -0.735. The lowest BCUT2D eigenvalue weighted by atomic mass is 10.3. The Bertz CT molecular complexity index is 72.0. The van der Waals surface area contributed by atoms with Crippen LogP contribution in [0.5, 0.6) is 0 Å². The Morgan fingerprint density at radius 1 is 1.00 bits per heavy atom. The van der Waals surface area contributed by atoms with E-state index < -0.39 is 9.04 Å². The van der Waals surface area contributed by atoms with Gasteiger partial charge in [0.2, 0.25) is 0 Å². The third kappa shape index (κ3) is 6.57. The molecule has 0 aliphatic carbocycles. The van der Waals surface area contributed by atoms with Gasteiger partial charge < -0.3 is 4.43 Å². The fourth-order valence-electron chi connectivity index (χ4n) is 1.13. The molecule has 0 fully saturated rings. The van der Waals surface area contributed by atoms with Crippen LogP contribution >= 0.6 is 0 Å². The van der Waals surface area contributed by atoms with Crippen LogP contribution < -0.4 is 0 Å². The van der Waals surface area contributed by atoms with Gasteiger partial charge in [0.15, 0.2) is 9.04 Å². The Kier molecular flexibility index (Phi) is 8.41. The minimum Gasteiger partial charge on any atom is -0.420 e. The van der Waals surface area contributed by atoms with Crippen LogP contribution in [0.4, 0.5) is 0 Å². The third-order valence-corrected chi connectivity index (χ3v) is 4.54. The molecule has 0 spiro atoms. The first-order valence-corrected chi connectivity index (χ1v) is 7.07. The standard InChI is InChI=1S/C9H22OSi/c1-4-7-8-9-10-11(5-2)6-3/h11H,4-9H2,1-3H3. The lowest BCUT2D eigenvalue weighted by Crippen LogP contribution is -2.15. The van der Waals surface area contributed by atoms with E-state index in [1.165, 1.54) is 31.4 Å². The summed E-state index contributed by atoms with van der Waals surface area (Å²) >= 11 is 0. The van der Waals surface area contributed by atoms with Crippen molar-refractivity contribution in [1.82, 2.24) is 0 Å². The highest BCUT2D eigenvalue weighted by molar-refractivity contribution is 6.51. The number of unbranched alkanes of at least 4 members (excludes halogenated alkanes) is 2. The highest BCUT2D eigenvalue weighted by atomic mass is 28.3. The topological polar surface area (TPSA) is 9.23 Å². The van der Waals surface area contributed by atoms with Crippen LogP contribution in [0.15, 0.2) is 0 Å². The molecule has 0 amide bonds. The molecular weight excluding hydrogens is 152 g/mol. The van der Waals surface area contributed by atoms with E-state index in [-0.39, 0.29) is 0 Å². The summed E-state index contributed by atoms with van der Waals surface area (Å²) in [4.78, 5) is 0. The first-order valence-electron chi connectivity index (χ1n) is 4.96. The zero-order chi connectivity index (χ0) is 8.53. The van der Waals surface area contributed by atoms with Gasteiger partial charge in [-0.15, -0.1) is 0 Å². The predicted molar refractivity (Wildman–Crippen MR) is 53.6 cm³/mol. The van der Waals surface area contributed by atoms with Gasteiger partial charge in [-0.2, -0.15) is 0 Å². The molecule has 0 rings (SSSR count). The zero-order valence-corrected chi connectivity index (χ0v) is 9.38. The van der Waals surface area contributed by atoms with E-state index in [1.807, 2.05) is 0 Å². The zero-order valence-electron chi connectivity index (χ0n) is 8.23. The second-order valence-electron chi connectivity index (χ2n) is 3.02. The average Bonchev–Trinajstić information content (AvgIpc) is 2.05. The summed E-state index contributed by atoms with van der Waals surface area (Å²) in [5.74, 6) is 0. The van der Waals surface area contributed by atoms with Gasteiger partial charge in [0, 0.05) is 6.61 Å². The molecule has 2 heteroatoms. The van der Waals surface area contributed by atoms with E-state index in [0.29, 0.717) is 0 Å². The van der Waals surface area contributed by atoms with Gasteiger partial charge >= 0.3 is 0 Å². The lowest BCUT2D eigenvalue weighted by molar-refractivity contribution is 0.307. The van der Waals surface area contributed by atoms with Crippen molar-refractivity contribution in [3.8, 4) is 0 Å². The highest BCUT2D eigenvalue weighted by Crippen LogP contribution is 2.02. The maximum absolute atomic E-state index is 5.78. The number of hydrogen-bond donors (Lipinski definition) is 0. The molecule has 0 atom stereocenters. The fraction of sp³-hybridized carbons (Fsp3) is 1.00. The first kappa shape index (κ1) is 11.2. The van der Waals surface area contributed by atoms with Gasteiger partial charge in [-0.3, -0.25) is 0 Å². The first-order chi connectivity index (χ1) is 5.35. The second-order valence-corrected chi connectivity index (χ2v) is 6.23. The smallest absolute Gasteiger partial charge is 0.176 e. The van der Waals surface area contributed by atoms with Gasteiger partial charge in [-0.05, 0) is 18.5 Å². The molecule has 0 aromatic heterocycles. The molecule has 1 nitrogen and oxygen atoms in total. The largest absolute Gasteiger partial charge is 0.420 e. The summed E-state index contributed by atoms with van der Waals surface area (Å²) in [6.45, 7) is 7.75. The van der Waals surface area contributed by atoms with Crippen molar-refractivity contribution < 1.29 is 4.43 Å². The lowest BCUT2D eigenvalue weighted by Gasteiger charge is -2.11. The Morgan fingerprint density at radius 3 is 2.09 bits per heavy atom. The van der Waals surface area contributed by atoms with Crippen molar-refractivity contribution in [2.75, 3.05) is 6.61 Å². The van der Waals surface area contributed by atoms with E-state index in [9.17, 15) is 0 Å². The molecule has 0 saturated carbocycles. The highest BCUT2D eigenvalue weighted by Gasteiger charge is 2.04. The van der Waals surface area contributed by atoms with E-state index in [4.69, 9.17) is 4.43 Å². The van der Waals surface area contributed by atoms with Gasteiger partial charge in [0.1, 0.15) is 0 Å². The fourth-order valence-corrected chi connectivity index (χ4v) is 2.68. The molecule has 0 aliphatic heterocycles.